The third-order valence-electron chi connectivity index (χ3n) is 5.41. The van der Waals surface area contributed by atoms with Crippen molar-refractivity contribution in [3.8, 4) is 5.75 Å². The van der Waals surface area contributed by atoms with E-state index >= 15 is 0 Å². The Kier molecular flexibility index (Phi) is 3.89. The summed E-state index contributed by atoms with van der Waals surface area (Å²) in [6.07, 6.45) is 2.09. The van der Waals surface area contributed by atoms with E-state index in [1.54, 1.807) is 4.90 Å². The zero-order valence-electron chi connectivity index (χ0n) is 15.4. The summed E-state index contributed by atoms with van der Waals surface area (Å²) < 4.78 is 5.70. The molecule has 7 nitrogen and oxygen atoms in total. The number of carbonyl (C=O) groups is 2. The zero-order chi connectivity index (χ0) is 18.5. The van der Waals surface area contributed by atoms with Crippen molar-refractivity contribution in [2.24, 2.45) is 4.99 Å². The molecule has 7 heteroatoms. The summed E-state index contributed by atoms with van der Waals surface area (Å²) in [6, 6.07) is 5.65. The average Bonchev–Trinajstić information content (AvgIpc) is 3.14. The fraction of sp³-hybridized carbons (Fsp3) is 0.526. The second-order valence-electron chi connectivity index (χ2n) is 7.56. The van der Waals surface area contributed by atoms with Gasteiger partial charge in [0.25, 0.3) is 11.8 Å². The number of hydrogen-bond donors (Lipinski definition) is 1. The van der Waals surface area contributed by atoms with Crippen LogP contribution >= 0.6 is 0 Å². The number of aliphatic imine (C=N–C) groups is 1. The molecule has 0 aliphatic carbocycles. The van der Waals surface area contributed by atoms with Crippen molar-refractivity contribution in [2.45, 2.75) is 37.8 Å². The molecule has 1 saturated heterocycles. The largest absolute Gasteiger partial charge is 0.490 e. The van der Waals surface area contributed by atoms with E-state index in [0.29, 0.717) is 37.5 Å². The van der Waals surface area contributed by atoms with Crippen LogP contribution in [0.4, 0.5) is 0 Å². The Morgan fingerprint density at radius 1 is 1.35 bits per heavy atom. The number of carbonyl (C=O) groups excluding carboxylic acids is 2. The Morgan fingerprint density at radius 2 is 2.08 bits per heavy atom. The first-order valence-corrected chi connectivity index (χ1v) is 9.05. The quantitative estimate of drug-likeness (QED) is 0.816. The molecule has 1 N–H and O–H groups in total. The molecule has 26 heavy (non-hydrogen) atoms. The molecule has 1 spiro atoms. The molecule has 4 rings (SSSR count). The molecular formula is C19H24N4O3. The van der Waals surface area contributed by atoms with Crippen molar-refractivity contribution in [1.82, 2.24) is 15.1 Å². The summed E-state index contributed by atoms with van der Waals surface area (Å²) in [4.78, 5) is 33.5. The number of fused-ring (bicyclic) bond motifs is 1. The number of nitrogens with zero attached hydrogens (tertiary/aromatic N) is 3. The first kappa shape index (κ1) is 16.9. The molecule has 0 radical (unpaired) electrons. The second-order valence-corrected chi connectivity index (χ2v) is 7.56. The lowest BCUT2D eigenvalue weighted by Crippen LogP contribution is -2.50. The first-order valence-electron chi connectivity index (χ1n) is 9.05. The maximum atomic E-state index is 12.9. The third kappa shape index (κ3) is 2.71. The van der Waals surface area contributed by atoms with Crippen molar-refractivity contribution >= 4 is 17.8 Å². The molecule has 0 aromatic heterocycles. The minimum atomic E-state index is -0.725. The fourth-order valence-corrected chi connectivity index (χ4v) is 3.87. The minimum absolute atomic E-state index is 0.0115. The van der Waals surface area contributed by atoms with Crippen LogP contribution in [0, 0.1) is 0 Å². The van der Waals surface area contributed by atoms with Crippen LogP contribution in [0.3, 0.4) is 0 Å². The number of nitrogens with one attached hydrogen (secondary N) is 1. The predicted octanol–water partition coefficient (Wildman–Crippen LogP) is 1.03. The van der Waals surface area contributed by atoms with E-state index in [0.717, 1.165) is 17.7 Å². The van der Waals surface area contributed by atoms with Gasteiger partial charge >= 0.3 is 0 Å². The highest BCUT2D eigenvalue weighted by atomic mass is 16.5. The lowest BCUT2D eigenvalue weighted by Gasteiger charge is -2.35. The normalized spacial score (nSPS) is 23.3. The summed E-state index contributed by atoms with van der Waals surface area (Å²) in [6.45, 7) is 3.08. The number of amides is 2. The highest BCUT2D eigenvalue weighted by molar-refractivity contribution is 6.07. The SMILES string of the molecule is C[C@@H]1Cc2cc(C(=O)N3CCC4(CC3)N=C(N(C)C)NC4=O)ccc2O1. The minimum Gasteiger partial charge on any atom is -0.490 e. The number of likely N-dealkylation sites (tertiary alicyclic amines) is 1. The molecule has 0 unspecified atom stereocenters. The van der Waals surface area contributed by atoms with Gasteiger partial charge in [0.2, 0.25) is 5.96 Å². The predicted molar refractivity (Wildman–Crippen MR) is 97.4 cm³/mol. The Hall–Kier alpha value is -2.57. The molecule has 0 bridgehead atoms. The smallest absolute Gasteiger partial charge is 0.254 e. The maximum absolute atomic E-state index is 12.9. The first-order chi connectivity index (χ1) is 12.4. The molecule has 1 atom stereocenters. The average molecular weight is 356 g/mol. The molecule has 1 fully saturated rings. The monoisotopic (exact) mass is 356 g/mol. The molecule has 138 valence electrons. The highest BCUT2D eigenvalue weighted by Gasteiger charge is 2.46. The fourth-order valence-electron chi connectivity index (χ4n) is 3.87. The number of hydrogen-bond acceptors (Lipinski definition) is 5. The standard InChI is InChI=1S/C19H24N4O3/c1-12-10-14-11-13(4-5-15(14)26-12)16(24)23-8-6-19(7-9-23)17(25)20-18(21-19)22(2)3/h4-5,11-12H,6-10H2,1-3H3,(H,20,21,25)/t12-/m1/s1. The summed E-state index contributed by atoms with van der Waals surface area (Å²) in [5, 5.41) is 2.84. The molecule has 3 aliphatic heterocycles. The lowest BCUT2D eigenvalue weighted by atomic mass is 9.87. The van der Waals surface area contributed by atoms with Crippen LogP contribution in [0.1, 0.15) is 35.7 Å². The Bertz CT molecular complexity index is 794. The summed E-state index contributed by atoms with van der Waals surface area (Å²) in [5.74, 6) is 1.43. The molecule has 0 saturated carbocycles. The number of ether oxygens (including phenoxy) is 1. The van der Waals surface area contributed by atoms with E-state index in [9.17, 15) is 9.59 Å². The second kappa shape index (κ2) is 6.00. The van der Waals surface area contributed by atoms with Gasteiger partial charge in [-0.3, -0.25) is 14.9 Å². The van der Waals surface area contributed by atoms with E-state index in [2.05, 4.69) is 10.3 Å². The van der Waals surface area contributed by atoms with Crippen LogP contribution in [-0.4, -0.2) is 66.4 Å². The van der Waals surface area contributed by atoms with Gasteiger partial charge in [-0.05, 0) is 43.5 Å². The molecule has 1 aromatic carbocycles. The number of piperidine rings is 1. The van der Waals surface area contributed by atoms with Crippen LogP contribution in [0.15, 0.2) is 23.2 Å². The summed E-state index contributed by atoms with van der Waals surface area (Å²) >= 11 is 0. The third-order valence-corrected chi connectivity index (χ3v) is 5.41. The maximum Gasteiger partial charge on any atom is 0.254 e. The van der Waals surface area contributed by atoms with Crippen LogP contribution < -0.4 is 10.1 Å². The highest BCUT2D eigenvalue weighted by Crippen LogP contribution is 2.32. The Morgan fingerprint density at radius 3 is 2.73 bits per heavy atom. The van der Waals surface area contributed by atoms with Gasteiger partial charge in [-0.2, -0.15) is 0 Å². The molecule has 3 aliphatic rings. The van der Waals surface area contributed by atoms with E-state index in [1.807, 2.05) is 44.1 Å². The van der Waals surface area contributed by atoms with Crippen molar-refractivity contribution in [3.63, 3.8) is 0 Å². The van der Waals surface area contributed by atoms with Crippen LogP contribution in [0.2, 0.25) is 0 Å². The van der Waals surface area contributed by atoms with Crippen molar-refractivity contribution in [1.29, 1.82) is 0 Å². The van der Waals surface area contributed by atoms with Crippen LogP contribution in [0.5, 0.6) is 5.75 Å². The van der Waals surface area contributed by atoms with Crippen molar-refractivity contribution in [2.75, 3.05) is 27.2 Å². The van der Waals surface area contributed by atoms with E-state index in [-0.39, 0.29) is 17.9 Å². The van der Waals surface area contributed by atoms with Gasteiger partial charge in [0.1, 0.15) is 17.4 Å². The van der Waals surface area contributed by atoms with Gasteiger partial charge in [0.15, 0.2) is 0 Å². The van der Waals surface area contributed by atoms with E-state index in [1.165, 1.54) is 0 Å². The number of guanidine groups is 1. The molecule has 2 amide bonds. The molecule has 1 aromatic rings. The van der Waals surface area contributed by atoms with Gasteiger partial charge in [0, 0.05) is 39.2 Å². The molecular weight excluding hydrogens is 332 g/mol. The van der Waals surface area contributed by atoms with Gasteiger partial charge in [0.05, 0.1) is 0 Å². The molecule has 3 heterocycles. The van der Waals surface area contributed by atoms with Crippen LogP contribution in [0.25, 0.3) is 0 Å². The zero-order valence-corrected chi connectivity index (χ0v) is 15.4. The van der Waals surface area contributed by atoms with Gasteiger partial charge < -0.3 is 14.5 Å². The Balaban J connectivity index is 1.46. The van der Waals surface area contributed by atoms with E-state index < -0.39 is 5.54 Å². The van der Waals surface area contributed by atoms with Crippen molar-refractivity contribution < 1.29 is 14.3 Å². The topological polar surface area (TPSA) is 74.2 Å². The lowest BCUT2D eigenvalue weighted by molar-refractivity contribution is -0.125. The number of rotatable bonds is 1. The van der Waals surface area contributed by atoms with Gasteiger partial charge in [-0.15, -0.1) is 0 Å². The van der Waals surface area contributed by atoms with Gasteiger partial charge in [-0.25, -0.2) is 4.99 Å². The Labute approximate surface area is 153 Å². The van der Waals surface area contributed by atoms with Crippen LogP contribution in [-0.2, 0) is 11.2 Å². The summed E-state index contributed by atoms with van der Waals surface area (Å²) in [5.41, 5.74) is 1.05. The van der Waals surface area contributed by atoms with E-state index in [4.69, 9.17) is 4.74 Å². The summed E-state index contributed by atoms with van der Waals surface area (Å²) in [7, 11) is 3.71. The van der Waals surface area contributed by atoms with Crippen molar-refractivity contribution in [3.05, 3.63) is 29.3 Å². The van der Waals surface area contributed by atoms with Gasteiger partial charge in [-0.1, -0.05) is 0 Å². The number of benzene rings is 1.